The van der Waals surface area contributed by atoms with Crippen LogP contribution in [-0.2, 0) is 9.84 Å². The van der Waals surface area contributed by atoms with Gasteiger partial charge in [0.1, 0.15) is 12.1 Å². The largest absolute Gasteiger partial charge is 0.348 e. The Morgan fingerprint density at radius 1 is 1.41 bits per heavy atom. The van der Waals surface area contributed by atoms with Crippen molar-refractivity contribution in [2.75, 3.05) is 11.5 Å². The molecule has 8 nitrogen and oxygen atoms in total. The third kappa shape index (κ3) is 2.96. The first-order chi connectivity index (χ1) is 10.4. The fourth-order valence-corrected chi connectivity index (χ4v) is 4.01. The van der Waals surface area contributed by atoms with Gasteiger partial charge in [-0.3, -0.25) is 4.79 Å². The van der Waals surface area contributed by atoms with Gasteiger partial charge in [0, 0.05) is 6.04 Å². The molecule has 0 saturated carbocycles. The Bertz CT molecular complexity index is 806. The number of hydrogen-bond donors (Lipinski definition) is 1. The van der Waals surface area contributed by atoms with Crippen molar-refractivity contribution in [2.45, 2.75) is 12.5 Å². The van der Waals surface area contributed by atoms with E-state index in [9.17, 15) is 17.6 Å². The Kier molecular flexibility index (Phi) is 3.61. The fraction of sp³-hybridized carbons (Fsp3) is 0.333. The summed E-state index contributed by atoms with van der Waals surface area (Å²) in [6.07, 6.45) is 1.63. The van der Waals surface area contributed by atoms with E-state index in [0.29, 0.717) is 12.1 Å². The van der Waals surface area contributed by atoms with Crippen LogP contribution < -0.4 is 5.32 Å². The van der Waals surface area contributed by atoms with Crippen molar-refractivity contribution < 1.29 is 17.6 Å². The number of halogens is 1. The summed E-state index contributed by atoms with van der Waals surface area (Å²) < 4.78 is 37.5. The molecule has 1 aromatic heterocycles. The molecule has 1 atom stereocenters. The Balaban J connectivity index is 1.87. The topological polar surface area (TPSA) is 107 Å². The van der Waals surface area contributed by atoms with Gasteiger partial charge in [-0.1, -0.05) is 0 Å². The molecular weight excluding hydrogens is 313 g/mol. The molecule has 10 heteroatoms. The maximum absolute atomic E-state index is 13.4. The summed E-state index contributed by atoms with van der Waals surface area (Å²) in [5, 5.41) is 13.2. The van der Waals surface area contributed by atoms with Crippen molar-refractivity contribution in [1.29, 1.82) is 0 Å². The number of aromatic nitrogens is 4. The molecule has 1 fully saturated rings. The third-order valence-corrected chi connectivity index (χ3v) is 5.13. The number of carbonyl (C=O) groups is 1. The maximum atomic E-state index is 13.4. The Hall–Kier alpha value is -2.36. The summed E-state index contributed by atoms with van der Waals surface area (Å²) in [5.41, 5.74) is 0.348. The molecule has 0 aliphatic carbocycles. The Morgan fingerprint density at radius 3 is 2.86 bits per heavy atom. The van der Waals surface area contributed by atoms with Crippen LogP contribution in [0.5, 0.6) is 0 Å². The van der Waals surface area contributed by atoms with Crippen LogP contribution in [0.3, 0.4) is 0 Å². The molecule has 1 N–H and O–H groups in total. The minimum Gasteiger partial charge on any atom is -0.348 e. The normalized spacial score (nSPS) is 20.0. The SMILES string of the molecule is O=C(NC1CCS(=O)(=O)C1)c1cc(F)ccc1-n1cnnn1. The Morgan fingerprint density at radius 2 is 2.23 bits per heavy atom. The highest BCUT2D eigenvalue weighted by Gasteiger charge is 2.29. The lowest BCUT2D eigenvalue weighted by Crippen LogP contribution is -2.36. The van der Waals surface area contributed by atoms with Crippen LogP contribution in [0.1, 0.15) is 16.8 Å². The lowest BCUT2D eigenvalue weighted by Gasteiger charge is -2.13. The van der Waals surface area contributed by atoms with E-state index in [1.165, 1.54) is 23.1 Å². The zero-order chi connectivity index (χ0) is 15.7. The van der Waals surface area contributed by atoms with Crippen molar-refractivity contribution in [3.8, 4) is 5.69 Å². The van der Waals surface area contributed by atoms with Crippen LogP contribution in [0.25, 0.3) is 5.69 Å². The number of sulfone groups is 1. The summed E-state index contributed by atoms with van der Waals surface area (Å²) in [7, 11) is -3.11. The van der Waals surface area contributed by atoms with E-state index in [4.69, 9.17) is 0 Å². The van der Waals surface area contributed by atoms with Crippen LogP contribution in [0.4, 0.5) is 4.39 Å². The molecule has 1 unspecified atom stereocenters. The van der Waals surface area contributed by atoms with Gasteiger partial charge in [0.2, 0.25) is 0 Å². The summed E-state index contributed by atoms with van der Waals surface area (Å²) in [4.78, 5) is 12.3. The number of carbonyl (C=O) groups excluding carboxylic acids is 1. The molecule has 1 aromatic carbocycles. The first kappa shape index (κ1) is 14.6. The summed E-state index contributed by atoms with van der Waals surface area (Å²) in [5.74, 6) is -1.21. The van der Waals surface area contributed by atoms with Gasteiger partial charge in [0.25, 0.3) is 5.91 Å². The van der Waals surface area contributed by atoms with Crippen LogP contribution >= 0.6 is 0 Å². The average Bonchev–Trinajstić information content (AvgIpc) is 3.08. The second-order valence-corrected chi connectivity index (χ2v) is 7.22. The average molecular weight is 325 g/mol. The second kappa shape index (κ2) is 5.44. The van der Waals surface area contributed by atoms with Crippen LogP contribution in [0, 0.1) is 5.82 Å². The monoisotopic (exact) mass is 325 g/mol. The highest BCUT2D eigenvalue weighted by atomic mass is 32.2. The summed E-state index contributed by atoms with van der Waals surface area (Å²) in [6.45, 7) is 0. The number of rotatable bonds is 3. The van der Waals surface area contributed by atoms with Gasteiger partial charge in [-0.2, -0.15) is 4.68 Å². The standard InChI is InChI=1S/C12H12FN5O3S/c13-8-1-2-11(18-7-14-16-17-18)10(5-8)12(19)15-9-3-4-22(20,21)6-9/h1-2,5,7,9H,3-4,6H2,(H,15,19). The highest BCUT2D eigenvalue weighted by molar-refractivity contribution is 7.91. The predicted octanol–water partition coefficient (Wildman–Crippen LogP) is -0.282. The van der Waals surface area contributed by atoms with E-state index in [0.717, 1.165) is 6.07 Å². The molecule has 0 spiro atoms. The van der Waals surface area contributed by atoms with Crippen molar-refractivity contribution in [1.82, 2.24) is 25.5 Å². The minimum absolute atomic E-state index is 0.0385. The molecule has 1 aliphatic heterocycles. The number of nitrogens with one attached hydrogen (secondary N) is 1. The highest BCUT2D eigenvalue weighted by Crippen LogP contribution is 2.17. The van der Waals surface area contributed by atoms with Gasteiger partial charge in [-0.25, -0.2) is 12.8 Å². The van der Waals surface area contributed by atoms with Gasteiger partial charge >= 0.3 is 0 Å². The first-order valence-electron chi connectivity index (χ1n) is 6.49. The molecule has 1 saturated heterocycles. The number of tetrazole rings is 1. The smallest absolute Gasteiger partial charge is 0.253 e. The quantitative estimate of drug-likeness (QED) is 0.831. The minimum atomic E-state index is -3.11. The van der Waals surface area contributed by atoms with Crippen LogP contribution in [0.15, 0.2) is 24.5 Å². The van der Waals surface area contributed by atoms with Gasteiger partial charge in [-0.15, -0.1) is 5.10 Å². The van der Waals surface area contributed by atoms with Crippen molar-refractivity contribution in [3.05, 3.63) is 35.9 Å². The van der Waals surface area contributed by atoms with E-state index < -0.39 is 27.6 Å². The molecule has 1 aliphatic rings. The van der Waals surface area contributed by atoms with Crippen LogP contribution in [-0.4, -0.2) is 52.1 Å². The maximum Gasteiger partial charge on any atom is 0.253 e. The number of benzene rings is 1. The van der Waals surface area contributed by atoms with Crippen molar-refractivity contribution >= 4 is 15.7 Å². The second-order valence-electron chi connectivity index (χ2n) is 4.99. The van der Waals surface area contributed by atoms with Crippen LogP contribution in [0.2, 0.25) is 0 Å². The van der Waals surface area contributed by atoms with Gasteiger partial charge in [0.05, 0.1) is 22.8 Å². The number of amides is 1. The first-order valence-corrected chi connectivity index (χ1v) is 8.31. The molecular formula is C12H12FN5O3S. The molecule has 22 heavy (non-hydrogen) atoms. The summed E-state index contributed by atoms with van der Waals surface area (Å²) in [6, 6.07) is 3.16. The van der Waals surface area contributed by atoms with E-state index in [1.54, 1.807) is 0 Å². The predicted molar refractivity (Wildman–Crippen MR) is 73.6 cm³/mol. The summed E-state index contributed by atoms with van der Waals surface area (Å²) >= 11 is 0. The van der Waals surface area contributed by atoms with Gasteiger partial charge < -0.3 is 5.32 Å². The van der Waals surface area contributed by atoms with E-state index in [2.05, 4.69) is 20.8 Å². The van der Waals surface area contributed by atoms with E-state index in [1.807, 2.05) is 0 Å². The molecule has 1 amide bonds. The molecule has 0 bridgehead atoms. The number of hydrogen-bond acceptors (Lipinski definition) is 6. The third-order valence-electron chi connectivity index (χ3n) is 3.37. The zero-order valence-corrected chi connectivity index (χ0v) is 12.1. The molecule has 116 valence electrons. The van der Waals surface area contributed by atoms with E-state index in [-0.39, 0.29) is 17.1 Å². The van der Waals surface area contributed by atoms with Gasteiger partial charge in [-0.05, 0) is 35.0 Å². The number of nitrogens with zero attached hydrogens (tertiary/aromatic N) is 4. The molecule has 0 radical (unpaired) electrons. The van der Waals surface area contributed by atoms with Crippen molar-refractivity contribution in [3.63, 3.8) is 0 Å². The lowest BCUT2D eigenvalue weighted by atomic mass is 10.1. The molecule has 3 rings (SSSR count). The molecule has 2 heterocycles. The van der Waals surface area contributed by atoms with Crippen molar-refractivity contribution in [2.24, 2.45) is 0 Å². The Labute approximate surface area is 125 Å². The molecule has 2 aromatic rings. The van der Waals surface area contributed by atoms with Gasteiger partial charge in [0.15, 0.2) is 9.84 Å². The zero-order valence-electron chi connectivity index (χ0n) is 11.3. The fourth-order valence-electron chi connectivity index (χ4n) is 2.33. The lowest BCUT2D eigenvalue weighted by molar-refractivity contribution is 0.0940. The van der Waals surface area contributed by atoms with E-state index >= 15 is 0 Å².